The van der Waals surface area contributed by atoms with Crippen molar-refractivity contribution in [1.82, 2.24) is 10.6 Å². The van der Waals surface area contributed by atoms with Crippen LogP contribution in [0.25, 0.3) is 0 Å². The molecule has 1 aromatic rings. The molecule has 11 heteroatoms. The number of hydrogen-bond acceptors (Lipinski definition) is 5. The largest absolute Gasteiger partial charge is 0.497 e. The second kappa shape index (κ2) is 12.9. The quantitative estimate of drug-likeness (QED) is 0.215. The molecule has 0 spiro atoms. The van der Waals surface area contributed by atoms with E-state index in [4.69, 9.17) is 9.47 Å². The molecule has 0 saturated carbocycles. The van der Waals surface area contributed by atoms with Crippen LogP contribution in [0.15, 0.2) is 23.2 Å². The minimum absolute atomic E-state index is 0. The number of ether oxygens (including phenoxy) is 3. The summed E-state index contributed by atoms with van der Waals surface area (Å²) in [6, 6.07) is 5.97. The van der Waals surface area contributed by atoms with Gasteiger partial charge in [-0.3, -0.25) is 4.99 Å². The monoisotopic (exact) mass is 546 g/mol. The maximum Gasteiger partial charge on any atom is 0.411 e. The molecule has 1 saturated heterocycles. The molecule has 7 nitrogen and oxygen atoms in total. The molecule has 1 atom stereocenters. The van der Waals surface area contributed by atoms with Gasteiger partial charge in [0.2, 0.25) is 0 Å². The molecule has 1 aromatic carbocycles. The van der Waals surface area contributed by atoms with Gasteiger partial charge in [0.1, 0.15) is 18.1 Å². The highest BCUT2D eigenvalue weighted by atomic mass is 127. The van der Waals surface area contributed by atoms with Crippen molar-refractivity contribution in [1.29, 1.82) is 0 Å². The van der Waals surface area contributed by atoms with E-state index in [1.165, 1.54) is 0 Å². The predicted molar refractivity (Wildman–Crippen MR) is 122 cm³/mol. The van der Waals surface area contributed by atoms with E-state index >= 15 is 0 Å². The summed E-state index contributed by atoms with van der Waals surface area (Å²) < 4.78 is 51.3. The molecule has 1 heterocycles. The zero-order valence-corrected chi connectivity index (χ0v) is 19.8. The molecule has 2 rings (SSSR count). The summed E-state index contributed by atoms with van der Waals surface area (Å²) in [5, 5.41) is 6.46. The minimum Gasteiger partial charge on any atom is -0.497 e. The van der Waals surface area contributed by atoms with Crippen LogP contribution < -0.4 is 25.0 Å². The zero-order valence-electron chi connectivity index (χ0n) is 17.4. The Labute approximate surface area is 192 Å². The summed E-state index contributed by atoms with van der Waals surface area (Å²) in [5.41, 5.74) is 1.02. The van der Waals surface area contributed by atoms with Gasteiger partial charge in [-0.1, -0.05) is 0 Å². The highest BCUT2D eigenvalue weighted by Crippen LogP contribution is 2.30. The lowest BCUT2D eigenvalue weighted by Gasteiger charge is -2.21. The molecule has 0 radical (unpaired) electrons. The van der Waals surface area contributed by atoms with E-state index in [1.54, 1.807) is 21.3 Å². The summed E-state index contributed by atoms with van der Waals surface area (Å²) in [5.74, 6) is 2.10. The third-order valence-electron chi connectivity index (χ3n) is 4.48. The molecule has 1 aliphatic heterocycles. The van der Waals surface area contributed by atoms with Crippen LogP contribution in [0.4, 0.5) is 18.9 Å². The van der Waals surface area contributed by atoms with Crippen molar-refractivity contribution in [2.45, 2.75) is 25.1 Å². The lowest BCUT2D eigenvalue weighted by atomic mass is 10.2. The third kappa shape index (κ3) is 9.02. The van der Waals surface area contributed by atoms with Gasteiger partial charge in [-0.05, 0) is 12.8 Å². The Hall–Kier alpha value is -1.63. The van der Waals surface area contributed by atoms with Gasteiger partial charge in [0.25, 0.3) is 0 Å². The lowest BCUT2D eigenvalue weighted by Crippen LogP contribution is -2.45. The second-order valence-electron chi connectivity index (χ2n) is 6.67. The maximum atomic E-state index is 12.0. The van der Waals surface area contributed by atoms with Gasteiger partial charge in [0.05, 0.1) is 14.2 Å². The van der Waals surface area contributed by atoms with Crippen LogP contribution in [0.1, 0.15) is 12.8 Å². The van der Waals surface area contributed by atoms with Crippen molar-refractivity contribution in [3.63, 3.8) is 0 Å². The summed E-state index contributed by atoms with van der Waals surface area (Å²) in [6.45, 7) is 0.953. The van der Waals surface area contributed by atoms with E-state index in [2.05, 4.69) is 25.3 Å². The van der Waals surface area contributed by atoms with E-state index in [1.807, 2.05) is 18.2 Å². The second-order valence-corrected chi connectivity index (χ2v) is 6.67. The number of methoxy groups -OCH3 is 2. The Morgan fingerprint density at radius 1 is 1.20 bits per heavy atom. The van der Waals surface area contributed by atoms with Crippen LogP contribution in [0.5, 0.6) is 11.5 Å². The lowest BCUT2D eigenvalue weighted by molar-refractivity contribution is -0.173. The summed E-state index contributed by atoms with van der Waals surface area (Å²) >= 11 is 0. The van der Waals surface area contributed by atoms with Crippen LogP contribution in [0, 0.1) is 0 Å². The number of aliphatic imine (C=N–C) groups is 1. The number of hydrogen-bond donors (Lipinski definition) is 2. The number of rotatable bonds is 9. The first kappa shape index (κ1) is 26.4. The van der Waals surface area contributed by atoms with Crippen molar-refractivity contribution in [3.05, 3.63) is 18.2 Å². The van der Waals surface area contributed by atoms with Crippen molar-refractivity contribution in [3.8, 4) is 11.5 Å². The molecule has 0 amide bonds. The Balaban J connectivity index is 0.00000450. The van der Waals surface area contributed by atoms with Crippen molar-refractivity contribution in [2.75, 3.05) is 59.0 Å². The minimum atomic E-state index is -4.29. The average molecular weight is 546 g/mol. The SMILES string of the molecule is CN=C(NCCCOCC(F)(F)F)NC1CCN(c2cc(OC)cc(OC)c2)C1.I. The fraction of sp³-hybridized carbons (Fsp3) is 0.632. The Morgan fingerprint density at radius 3 is 2.43 bits per heavy atom. The van der Waals surface area contributed by atoms with E-state index in [0.717, 1.165) is 36.7 Å². The normalized spacial score (nSPS) is 16.8. The van der Waals surface area contributed by atoms with E-state index in [-0.39, 0.29) is 36.6 Å². The molecular formula is C19H30F3IN4O3. The fourth-order valence-electron chi connectivity index (χ4n) is 3.04. The molecule has 1 aliphatic rings. The Bertz CT molecular complexity index is 655. The number of halogens is 4. The van der Waals surface area contributed by atoms with E-state index in [0.29, 0.717) is 18.9 Å². The number of guanidine groups is 1. The van der Waals surface area contributed by atoms with Gasteiger partial charge in [-0.2, -0.15) is 13.2 Å². The first-order valence-electron chi connectivity index (χ1n) is 9.44. The van der Waals surface area contributed by atoms with Crippen LogP contribution in [0.2, 0.25) is 0 Å². The van der Waals surface area contributed by atoms with Crippen LogP contribution in [-0.2, 0) is 4.74 Å². The fourth-order valence-corrected chi connectivity index (χ4v) is 3.04. The smallest absolute Gasteiger partial charge is 0.411 e. The van der Waals surface area contributed by atoms with Crippen molar-refractivity contribution >= 4 is 35.6 Å². The van der Waals surface area contributed by atoms with Gasteiger partial charge >= 0.3 is 6.18 Å². The third-order valence-corrected chi connectivity index (χ3v) is 4.48. The zero-order chi connectivity index (χ0) is 21.3. The van der Waals surface area contributed by atoms with Gasteiger partial charge in [-0.15, -0.1) is 24.0 Å². The van der Waals surface area contributed by atoms with Gasteiger partial charge < -0.3 is 29.7 Å². The van der Waals surface area contributed by atoms with E-state index in [9.17, 15) is 13.2 Å². The van der Waals surface area contributed by atoms with Crippen LogP contribution in [0.3, 0.4) is 0 Å². The highest BCUT2D eigenvalue weighted by Gasteiger charge is 2.27. The number of nitrogens with zero attached hydrogens (tertiary/aromatic N) is 2. The first-order chi connectivity index (χ1) is 13.8. The molecule has 1 unspecified atom stereocenters. The average Bonchev–Trinajstić information content (AvgIpc) is 3.16. The van der Waals surface area contributed by atoms with Crippen molar-refractivity contribution in [2.24, 2.45) is 4.99 Å². The van der Waals surface area contributed by atoms with Gasteiger partial charge in [-0.25, -0.2) is 0 Å². The molecular weight excluding hydrogens is 516 g/mol. The Kier molecular flexibility index (Phi) is 11.4. The molecule has 1 fully saturated rings. The summed E-state index contributed by atoms with van der Waals surface area (Å²) in [7, 11) is 4.91. The summed E-state index contributed by atoms with van der Waals surface area (Å²) in [4.78, 5) is 6.41. The van der Waals surface area contributed by atoms with Crippen LogP contribution in [-0.4, -0.2) is 72.3 Å². The molecule has 30 heavy (non-hydrogen) atoms. The number of alkyl halides is 3. The van der Waals surface area contributed by atoms with Gasteiger partial charge in [0.15, 0.2) is 5.96 Å². The van der Waals surface area contributed by atoms with E-state index < -0.39 is 12.8 Å². The standard InChI is InChI=1S/C19H29F3N4O3.HI/c1-23-18(24-6-4-8-29-13-19(20,21)22)25-14-5-7-26(12-14)15-9-16(27-2)11-17(10-15)28-3;/h9-11,14H,4-8,12-13H2,1-3H3,(H2,23,24,25);1H. The number of nitrogens with one attached hydrogen (secondary N) is 2. The molecule has 0 aliphatic carbocycles. The molecule has 172 valence electrons. The summed E-state index contributed by atoms with van der Waals surface area (Å²) in [6.07, 6.45) is -2.90. The predicted octanol–water partition coefficient (Wildman–Crippen LogP) is 3.03. The number of benzene rings is 1. The first-order valence-corrected chi connectivity index (χ1v) is 9.44. The van der Waals surface area contributed by atoms with Gasteiger partial charge in [0, 0.05) is 63.2 Å². The topological polar surface area (TPSA) is 67.4 Å². The maximum absolute atomic E-state index is 12.0. The Morgan fingerprint density at radius 2 is 1.87 bits per heavy atom. The van der Waals surface area contributed by atoms with Crippen LogP contribution >= 0.6 is 24.0 Å². The van der Waals surface area contributed by atoms with Crippen molar-refractivity contribution < 1.29 is 27.4 Å². The molecule has 0 aromatic heterocycles. The highest BCUT2D eigenvalue weighted by molar-refractivity contribution is 14.0. The molecule has 0 bridgehead atoms. The number of anilines is 1. The molecule has 2 N–H and O–H groups in total.